The highest BCUT2D eigenvalue weighted by Crippen LogP contribution is 2.14. The van der Waals surface area contributed by atoms with E-state index in [1.54, 1.807) is 7.11 Å². The average molecular weight is 245 g/mol. The van der Waals surface area contributed by atoms with Gasteiger partial charge in [-0.25, -0.2) is 0 Å². The molecule has 3 nitrogen and oxygen atoms in total. The molecule has 1 fully saturated rings. The minimum atomic E-state index is 0.330. The summed E-state index contributed by atoms with van der Waals surface area (Å²) < 4.78 is 5.06. The number of nitrogens with zero attached hydrogens (tertiary/aromatic N) is 1. The van der Waals surface area contributed by atoms with E-state index >= 15 is 0 Å². The van der Waals surface area contributed by atoms with Gasteiger partial charge in [-0.3, -0.25) is 4.79 Å². The maximum absolute atomic E-state index is 11.8. The summed E-state index contributed by atoms with van der Waals surface area (Å²) in [6, 6.07) is 0. The zero-order valence-corrected chi connectivity index (χ0v) is 11.2. The van der Waals surface area contributed by atoms with E-state index in [1.807, 2.05) is 16.7 Å². The summed E-state index contributed by atoms with van der Waals surface area (Å²) in [6.07, 6.45) is 4.32. The summed E-state index contributed by atoms with van der Waals surface area (Å²) in [6.45, 7) is 4.84. The van der Waals surface area contributed by atoms with Crippen LogP contribution in [0.4, 0.5) is 0 Å². The number of amides is 1. The molecule has 0 aromatic carbocycles. The fourth-order valence-corrected chi connectivity index (χ4v) is 2.86. The number of carbonyl (C=O) groups excluding carboxylic acids is 1. The van der Waals surface area contributed by atoms with Crippen molar-refractivity contribution in [3.63, 3.8) is 0 Å². The molecule has 1 atom stereocenters. The molecule has 16 heavy (non-hydrogen) atoms. The van der Waals surface area contributed by atoms with E-state index in [-0.39, 0.29) is 0 Å². The van der Waals surface area contributed by atoms with E-state index < -0.39 is 0 Å². The lowest BCUT2D eigenvalue weighted by atomic mass is 10.1. The summed E-state index contributed by atoms with van der Waals surface area (Å²) in [5, 5.41) is 0.485. The molecule has 1 aliphatic heterocycles. The van der Waals surface area contributed by atoms with Crippen LogP contribution in [-0.4, -0.2) is 48.6 Å². The Bertz CT molecular complexity index is 205. The number of rotatable bonds is 6. The molecule has 0 aliphatic carbocycles. The van der Waals surface area contributed by atoms with Crippen LogP contribution in [0.15, 0.2) is 0 Å². The van der Waals surface area contributed by atoms with Gasteiger partial charge in [0.25, 0.3) is 0 Å². The minimum absolute atomic E-state index is 0.330. The number of ether oxygens (including phenoxy) is 1. The summed E-state index contributed by atoms with van der Waals surface area (Å²) in [7, 11) is 1.72. The Hall–Kier alpha value is -0.220. The third-order valence-electron chi connectivity index (χ3n) is 2.83. The van der Waals surface area contributed by atoms with Gasteiger partial charge in [-0.2, -0.15) is 11.8 Å². The Kier molecular flexibility index (Phi) is 6.88. The van der Waals surface area contributed by atoms with Gasteiger partial charge in [0, 0.05) is 37.6 Å². The lowest BCUT2D eigenvalue weighted by Crippen LogP contribution is -2.35. The van der Waals surface area contributed by atoms with Crippen molar-refractivity contribution in [1.29, 1.82) is 0 Å². The molecule has 1 saturated heterocycles. The highest BCUT2D eigenvalue weighted by atomic mass is 32.2. The maximum Gasteiger partial charge on any atom is 0.223 e. The molecule has 0 radical (unpaired) electrons. The van der Waals surface area contributed by atoms with E-state index in [2.05, 4.69) is 6.92 Å². The minimum Gasteiger partial charge on any atom is -0.384 e. The Morgan fingerprint density at radius 1 is 1.38 bits per heavy atom. The second kappa shape index (κ2) is 7.96. The zero-order chi connectivity index (χ0) is 11.8. The number of thioether (sulfide) groups is 1. The number of methoxy groups -OCH3 is 1. The van der Waals surface area contributed by atoms with Crippen molar-refractivity contribution in [3.8, 4) is 0 Å². The van der Waals surface area contributed by atoms with Gasteiger partial charge in [0.05, 0.1) is 6.61 Å². The monoisotopic (exact) mass is 245 g/mol. The van der Waals surface area contributed by atoms with Gasteiger partial charge in [0.2, 0.25) is 5.91 Å². The highest BCUT2D eigenvalue weighted by Gasteiger charge is 2.16. The molecule has 0 aromatic heterocycles. The number of hydrogen-bond donors (Lipinski definition) is 0. The first-order valence-electron chi connectivity index (χ1n) is 6.12. The van der Waals surface area contributed by atoms with Gasteiger partial charge in [-0.1, -0.05) is 6.92 Å². The molecule has 0 N–H and O–H groups in total. The first kappa shape index (κ1) is 13.8. The summed E-state index contributed by atoms with van der Waals surface area (Å²) >= 11 is 1.82. The van der Waals surface area contributed by atoms with Gasteiger partial charge in [-0.05, 0) is 19.3 Å². The van der Waals surface area contributed by atoms with Crippen molar-refractivity contribution >= 4 is 17.7 Å². The Morgan fingerprint density at radius 3 is 2.69 bits per heavy atom. The van der Waals surface area contributed by atoms with Crippen molar-refractivity contribution in [2.45, 2.75) is 37.9 Å². The van der Waals surface area contributed by atoms with Crippen LogP contribution in [0, 0.1) is 0 Å². The fraction of sp³-hybridized carbons (Fsp3) is 0.917. The van der Waals surface area contributed by atoms with Crippen molar-refractivity contribution < 1.29 is 9.53 Å². The Labute approximate surface area is 103 Å². The van der Waals surface area contributed by atoms with E-state index in [1.165, 1.54) is 19.3 Å². The molecular formula is C12H23NO2S. The maximum atomic E-state index is 11.8. The van der Waals surface area contributed by atoms with Crippen LogP contribution >= 0.6 is 11.8 Å². The smallest absolute Gasteiger partial charge is 0.223 e. The van der Waals surface area contributed by atoms with E-state index in [4.69, 9.17) is 4.74 Å². The molecule has 4 heteroatoms. The predicted octanol–water partition coefficient (Wildman–Crippen LogP) is 2.16. The summed E-state index contributed by atoms with van der Waals surface area (Å²) in [5.41, 5.74) is 0. The number of piperidine rings is 1. The molecule has 1 amide bonds. The number of carbonyl (C=O) groups is 1. The normalized spacial score (nSPS) is 18.5. The molecule has 0 unspecified atom stereocenters. The zero-order valence-electron chi connectivity index (χ0n) is 10.4. The van der Waals surface area contributed by atoms with Gasteiger partial charge in [0.1, 0.15) is 0 Å². The SMILES string of the molecule is COC[C@H](C)SCCC(=O)N1CCCCC1. The third-order valence-corrected chi connectivity index (χ3v) is 3.97. The lowest BCUT2D eigenvalue weighted by Gasteiger charge is -2.26. The van der Waals surface area contributed by atoms with Crippen LogP contribution in [0.2, 0.25) is 0 Å². The molecular weight excluding hydrogens is 222 g/mol. The van der Waals surface area contributed by atoms with Crippen LogP contribution in [0.25, 0.3) is 0 Å². The van der Waals surface area contributed by atoms with Crippen LogP contribution in [0.1, 0.15) is 32.6 Å². The van der Waals surface area contributed by atoms with Crippen LogP contribution in [-0.2, 0) is 9.53 Å². The quantitative estimate of drug-likeness (QED) is 0.718. The molecule has 1 rings (SSSR count). The highest BCUT2D eigenvalue weighted by molar-refractivity contribution is 7.99. The van der Waals surface area contributed by atoms with Crippen LogP contribution < -0.4 is 0 Å². The molecule has 0 bridgehead atoms. The van der Waals surface area contributed by atoms with Crippen LogP contribution in [0.3, 0.4) is 0 Å². The second-order valence-electron chi connectivity index (χ2n) is 4.33. The summed E-state index contributed by atoms with van der Waals surface area (Å²) in [4.78, 5) is 13.8. The standard InChI is InChI=1S/C12H23NO2S/c1-11(10-15-2)16-9-6-12(14)13-7-4-3-5-8-13/h11H,3-10H2,1-2H3/t11-/m0/s1. The summed E-state index contributed by atoms with van der Waals surface area (Å²) in [5.74, 6) is 1.25. The molecule has 1 aliphatic rings. The lowest BCUT2D eigenvalue weighted by molar-refractivity contribution is -0.131. The van der Waals surface area contributed by atoms with Crippen molar-refractivity contribution in [1.82, 2.24) is 4.90 Å². The largest absolute Gasteiger partial charge is 0.384 e. The molecule has 0 aromatic rings. The molecule has 0 saturated carbocycles. The average Bonchev–Trinajstić information content (AvgIpc) is 2.30. The first-order chi connectivity index (χ1) is 7.74. The van der Waals surface area contributed by atoms with E-state index in [0.29, 0.717) is 17.6 Å². The van der Waals surface area contributed by atoms with E-state index in [0.717, 1.165) is 25.4 Å². The van der Waals surface area contributed by atoms with Gasteiger partial charge in [-0.15, -0.1) is 0 Å². The second-order valence-corrected chi connectivity index (χ2v) is 5.87. The van der Waals surface area contributed by atoms with Gasteiger partial charge >= 0.3 is 0 Å². The first-order valence-corrected chi connectivity index (χ1v) is 7.17. The fourth-order valence-electron chi connectivity index (χ4n) is 1.93. The van der Waals surface area contributed by atoms with E-state index in [9.17, 15) is 4.79 Å². The van der Waals surface area contributed by atoms with Crippen molar-refractivity contribution in [2.75, 3.05) is 32.6 Å². The number of likely N-dealkylation sites (tertiary alicyclic amines) is 1. The molecule has 1 heterocycles. The van der Waals surface area contributed by atoms with Crippen LogP contribution in [0.5, 0.6) is 0 Å². The third kappa shape index (κ3) is 5.21. The van der Waals surface area contributed by atoms with Crippen molar-refractivity contribution in [2.24, 2.45) is 0 Å². The molecule has 0 spiro atoms. The Morgan fingerprint density at radius 2 is 2.06 bits per heavy atom. The van der Waals surface area contributed by atoms with Gasteiger partial charge in [0.15, 0.2) is 0 Å². The molecule has 94 valence electrons. The van der Waals surface area contributed by atoms with Gasteiger partial charge < -0.3 is 9.64 Å². The Balaban J connectivity index is 2.09. The topological polar surface area (TPSA) is 29.5 Å². The number of hydrogen-bond acceptors (Lipinski definition) is 3. The predicted molar refractivity (Wildman–Crippen MR) is 68.8 cm³/mol. The van der Waals surface area contributed by atoms with Crippen molar-refractivity contribution in [3.05, 3.63) is 0 Å².